The zero-order valence-electron chi connectivity index (χ0n) is 22.6. The van der Waals surface area contributed by atoms with Crippen LogP contribution in [0.4, 0.5) is 0 Å². The monoisotopic (exact) mass is 588 g/mol. The molecule has 0 bridgehead atoms. The fourth-order valence-corrected chi connectivity index (χ4v) is 6.77. The summed E-state index contributed by atoms with van der Waals surface area (Å²) >= 11 is 0. The van der Waals surface area contributed by atoms with Crippen LogP contribution in [-0.2, 0) is 41.7 Å². The Morgan fingerprint density at radius 2 is 1.60 bits per heavy atom. The van der Waals surface area contributed by atoms with Crippen molar-refractivity contribution in [2.75, 3.05) is 20.0 Å². The Morgan fingerprint density at radius 3 is 2.29 bits per heavy atom. The summed E-state index contributed by atoms with van der Waals surface area (Å²) in [6.45, 7) is 1.06. The zero-order valence-corrected chi connectivity index (χ0v) is 22.6. The van der Waals surface area contributed by atoms with Crippen LogP contribution in [0, 0.1) is 11.8 Å². The fraction of sp³-hybridized carbons (Fsp3) is 0.552. The Kier molecular flexibility index (Phi) is 7.02. The van der Waals surface area contributed by atoms with Crippen LogP contribution >= 0.6 is 0 Å². The second-order valence-electron chi connectivity index (χ2n) is 11.3. The van der Waals surface area contributed by atoms with Crippen molar-refractivity contribution >= 4 is 5.97 Å². The topological polar surface area (TPSA) is 183 Å². The van der Waals surface area contributed by atoms with Crippen LogP contribution in [0.3, 0.4) is 0 Å². The van der Waals surface area contributed by atoms with E-state index in [4.69, 9.17) is 33.2 Å². The van der Waals surface area contributed by atoms with Crippen LogP contribution < -0.4 is 9.47 Å². The van der Waals surface area contributed by atoms with E-state index in [1.165, 1.54) is 0 Å². The molecule has 3 saturated heterocycles. The average Bonchev–Trinajstić information content (AvgIpc) is 3.61. The van der Waals surface area contributed by atoms with Gasteiger partial charge in [-0.3, -0.25) is 4.79 Å². The minimum Gasteiger partial charge on any atom is -0.507 e. The van der Waals surface area contributed by atoms with Gasteiger partial charge in [0.15, 0.2) is 24.1 Å². The number of cyclic esters (lactones) is 1. The summed E-state index contributed by atoms with van der Waals surface area (Å²) < 4.78 is 40.7. The number of hydrogen-bond donors (Lipinski definition) is 5. The van der Waals surface area contributed by atoms with E-state index in [-0.39, 0.29) is 43.0 Å². The highest BCUT2D eigenvalue weighted by molar-refractivity contribution is 5.78. The van der Waals surface area contributed by atoms with Crippen LogP contribution in [0.2, 0.25) is 0 Å². The van der Waals surface area contributed by atoms with Gasteiger partial charge in [-0.15, -0.1) is 0 Å². The predicted molar refractivity (Wildman–Crippen MR) is 137 cm³/mol. The molecule has 5 aliphatic rings. The van der Waals surface area contributed by atoms with Gasteiger partial charge in [0, 0.05) is 23.0 Å². The van der Waals surface area contributed by atoms with Crippen molar-refractivity contribution in [3.63, 3.8) is 0 Å². The Bertz CT molecular complexity index is 1350. The van der Waals surface area contributed by atoms with Gasteiger partial charge in [0.2, 0.25) is 6.79 Å². The lowest BCUT2D eigenvalue weighted by atomic mass is 9.66. The molecule has 1 aliphatic carbocycles. The maximum Gasteiger partial charge on any atom is 0.310 e. The molecule has 0 spiro atoms. The second kappa shape index (κ2) is 10.6. The molecule has 4 heterocycles. The second-order valence-corrected chi connectivity index (χ2v) is 11.3. The van der Waals surface area contributed by atoms with Gasteiger partial charge in [0.05, 0.1) is 44.6 Å². The van der Waals surface area contributed by atoms with Gasteiger partial charge in [-0.25, -0.2) is 0 Å². The molecule has 42 heavy (non-hydrogen) atoms. The summed E-state index contributed by atoms with van der Waals surface area (Å²) in [4.78, 5) is 13.3. The van der Waals surface area contributed by atoms with E-state index in [9.17, 15) is 30.3 Å². The van der Waals surface area contributed by atoms with Crippen LogP contribution in [0.1, 0.15) is 46.8 Å². The summed E-state index contributed by atoms with van der Waals surface area (Å²) in [5.41, 5.74) is 2.23. The number of esters is 1. The van der Waals surface area contributed by atoms with Crippen molar-refractivity contribution in [3.8, 4) is 17.2 Å². The number of carbonyl (C=O) groups excluding carboxylic acids is 1. The minimum absolute atomic E-state index is 0.00131. The van der Waals surface area contributed by atoms with E-state index >= 15 is 0 Å². The number of aliphatic hydroxyl groups excluding tert-OH is 4. The van der Waals surface area contributed by atoms with Crippen molar-refractivity contribution in [2.24, 2.45) is 11.8 Å². The SMILES string of the molecule is C[C@@H]1COC2OC(O[C@@H]3c4cc5c(cc4[C@@H](c4cc(CO)c(O)c(CO)c4)[C@H]4C(=O)OC[C@@H]43)OCO5)[C@H](O)[C@@H](O)[C@@H]2O1. The number of phenols is 1. The molecule has 0 aromatic heterocycles. The standard InChI is InChI=1S/C29H32O13/c1-11-8-37-29-26(40-11)23(33)24(34)28(42-29)41-25-16-5-19-18(38-10-39-19)4-15(16)20(21-17(25)9-36-27(21)35)12-2-13(6-30)22(32)14(3-12)7-31/h2-5,11,17,20-21,23-26,28-34H,6-10H2,1H3/t11-,17+,20-,21+,23-,24-,25-,26+,28?,29?/m1/s1. The lowest BCUT2D eigenvalue weighted by molar-refractivity contribution is -0.390. The highest BCUT2D eigenvalue weighted by Crippen LogP contribution is 2.56. The average molecular weight is 589 g/mol. The molecule has 0 amide bonds. The number of aromatic hydroxyl groups is 1. The smallest absolute Gasteiger partial charge is 0.310 e. The molecule has 3 fully saturated rings. The molecule has 2 unspecified atom stereocenters. The molecule has 226 valence electrons. The molecule has 4 aliphatic heterocycles. The first-order valence-corrected chi connectivity index (χ1v) is 13.9. The number of ether oxygens (including phenoxy) is 7. The van der Waals surface area contributed by atoms with E-state index < -0.39 is 73.9 Å². The van der Waals surface area contributed by atoms with E-state index in [0.717, 1.165) is 0 Å². The normalized spacial score (nSPS) is 36.6. The Labute approximate surface area is 240 Å². The maximum absolute atomic E-state index is 13.3. The first-order valence-electron chi connectivity index (χ1n) is 13.9. The van der Waals surface area contributed by atoms with Gasteiger partial charge in [-0.1, -0.05) is 0 Å². The minimum atomic E-state index is -1.48. The fourth-order valence-electron chi connectivity index (χ4n) is 6.77. The molecule has 13 nitrogen and oxygen atoms in total. The van der Waals surface area contributed by atoms with E-state index in [2.05, 4.69) is 0 Å². The van der Waals surface area contributed by atoms with Gasteiger partial charge in [0.25, 0.3) is 0 Å². The zero-order chi connectivity index (χ0) is 29.3. The number of aliphatic hydroxyl groups is 4. The quantitative estimate of drug-likeness (QED) is 0.301. The molecule has 5 N–H and O–H groups in total. The lowest BCUT2D eigenvalue weighted by Crippen LogP contribution is -2.63. The van der Waals surface area contributed by atoms with Crippen molar-refractivity contribution < 1.29 is 63.5 Å². The van der Waals surface area contributed by atoms with Gasteiger partial charge >= 0.3 is 5.97 Å². The first-order chi connectivity index (χ1) is 20.3. The van der Waals surface area contributed by atoms with Gasteiger partial charge in [-0.05, 0) is 47.9 Å². The maximum atomic E-state index is 13.3. The highest BCUT2D eigenvalue weighted by Gasteiger charge is 2.56. The largest absolute Gasteiger partial charge is 0.507 e. The molecule has 2 aromatic carbocycles. The van der Waals surface area contributed by atoms with Gasteiger partial charge in [-0.2, -0.15) is 0 Å². The molecule has 13 heteroatoms. The molecule has 7 rings (SSSR count). The van der Waals surface area contributed by atoms with E-state index in [0.29, 0.717) is 28.2 Å². The Hall–Kier alpha value is -3.01. The molecule has 2 aromatic rings. The third-order valence-electron chi connectivity index (χ3n) is 8.78. The van der Waals surface area contributed by atoms with Crippen LogP contribution in [0.5, 0.6) is 17.2 Å². The van der Waals surface area contributed by atoms with Crippen LogP contribution in [0.25, 0.3) is 0 Å². The van der Waals surface area contributed by atoms with Crippen LogP contribution in [-0.4, -0.2) is 88.5 Å². The Balaban J connectivity index is 1.32. The number of benzene rings is 2. The third kappa shape index (κ3) is 4.35. The summed E-state index contributed by atoms with van der Waals surface area (Å²) in [6, 6.07) is 6.71. The van der Waals surface area contributed by atoms with Crippen molar-refractivity contribution in [2.45, 2.75) is 69.2 Å². The van der Waals surface area contributed by atoms with Crippen molar-refractivity contribution in [1.29, 1.82) is 0 Å². The summed E-state index contributed by atoms with van der Waals surface area (Å²) in [5.74, 6) is -1.75. The third-order valence-corrected chi connectivity index (χ3v) is 8.78. The Morgan fingerprint density at radius 1 is 0.905 bits per heavy atom. The molecule has 0 radical (unpaired) electrons. The molecular formula is C29H32O13. The lowest BCUT2D eigenvalue weighted by Gasteiger charge is -2.47. The molecule has 10 atom stereocenters. The summed E-state index contributed by atoms with van der Waals surface area (Å²) in [6.07, 6.45) is -7.18. The van der Waals surface area contributed by atoms with Gasteiger partial charge in [0.1, 0.15) is 24.1 Å². The predicted octanol–water partition coefficient (Wildman–Crippen LogP) is 0.306. The number of hydrogen-bond acceptors (Lipinski definition) is 13. The van der Waals surface area contributed by atoms with E-state index in [1.807, 2.05) is 0 Å². The number of carbonyl (C=O) groups is 1. The van der Waals surface area contributed by atoms with E-state index in [1.54, 1.807) is 31.2 Å². The molecule has 0 saturated carbocycles. The van der Waals surface area contributed by atoms with Gasteiger partial charge < -0.3 is 58.7 Å². The number of fused-ring (bicyclic) bond motifs is 4. The van der Waals surface area contributed by atoms with Crippen LogP contribution in [0.15, 0.2) is 24.3 Å². The summed E-state index contributed by atoms with van der Waals surface area (Å²) in [5, 5.41) is 52.2. The molecular weight excluding hydrogens is 556 g/mol. The number of rotatable bonds is 5. The summed E-state index contributed by atoms with van der Waals surface area (Å²) in [7, 11) is 0. The highest BCUT2D eigenvalue weighted by atomic mass is 16.8. The van der Waals surface area contributed by atoms with Crippen molar-refractivity contribution in [3.05, 3.63) is 52.1 Å². The first kappa shape index (κ1) is 27.8. The van der Waals surface area contributed by atoms with Crippen molar-refractivity contribution in [1.82, 2.24) is 0 Å².